The molecular weight excluding hydrogens is 336 g/mol. The Labute approximate surface area is 149 Å². The third kappa shape index (κ3) is 3.23. The molecule has 0 aliphatic carbocycles. The lowest BCUT2D eigenvalue weighted by molar-refractivity contribution is 0.0952. The minimum atomic E-state index is -0.456. The number of aromatic hydroxyl groups is 1. The van der Waals surface area contributed by atoms with Gasteiger partial charge in [0, 0.05) is 11.1 Å². The van der Waals surface area contributed by atoms with Crippen LogP contribution in [0.4, 0.5) is 0 Å². The summed E-state index contributed by atoms with van der Waals surface area (Å²) in [5, 5.41) is 15.0. The highest BCUT2D eigenvalue weighted by Gasteiger charge is 2.16. The number of phenolic OH excluding ortho intramolecular Hbond substituents is 1. The van der Waals surface area contributed by atoms with Gasteiger partial charge in [-0.05, 0) is 45.4 Å². The van der Waals surface area contributed by atoms with Gasteiger partial charge in [0.1, 0.15) is 16.4 Å². The van der Waals surface area contributed by atoms with Crippen LogP contribution in [0.1, 0.15) is 39.2 Å². The zero-order valence-electron chi connectivity index (χ0n) is 14.4. The van der Waals surface area contributed by atoms with Crippen molar-refractivity contribution in [1.29, 1.82) is 0 Å². The molecule has 128 valence electrons. The second-order valence-electron chi connectivity index (χ2n) is 5.75. The van der Waals surface area contributed by atoms with E-state index in [0.717, 1.165) is 32.2 Å². The van der Waals surface area contributed by atoms with Gasteiger partial charge in [0.15, 0.2) is 0 Å². The summed E-state index contributed by atoms with van der Waals surface area (Å²) in [6, 6.07) is 6.35. The number of hydrogen-bond donors (Lipinski definition) is 2. The number of hydrazone groups is 1. The highest BCUT2D eigenvalue weighted by molar-refractivity contribution is 7.20. The van der Waals surface area contributed by atoms with Crippen LogP contribution in [0.3, 0.4) is 0 Å². The standard InChI is InChI=1S/C18H18N4O2S/c1-9-15-10(2)19-12(4)20-18(15)25-16(9)11(3)21-22-17(24)13-7-5-6-8-14(13)23/h5-8,23H,1-4H3,(H,22,24). The molecule has 0 spiro atoms. The molecule has 2 aromatic heterocycles. The van der Waals surface area contributed by atoms with Crippen LogP contribution in [0.15, 0.2) is 29.4 Å². The van der Waals surface area contributed by atoms with Crippen LogP contribution in [0.2, 0.25) is 0 Å². The number of benzene rings is 1. The molecule has 0 saturated heterocycles. The molecule has 3 aromatic rings. The normalized spacial score (nSPS) is 11.8. The molecule has 7 heteroatoms. The Hall–Kier alpha value is -2.80. The number of fused-ring (bicyclic) bond motifs is 1. The number of carbonyl (C=O) groups is 1. The molecule has 0 saturated carbocycles. The largest absolute Gasteiger partial charge is 0.507 e. The maximum atomic E-state index is 12.2. The fourth-order valence-electron chi connectivity index (χ4n) is 2.73. The second kappa shape index (κ2) is 6.60. The molecule has 3 rings (SSSR count). The number of amides is 1. The lowest BCUT2D eigenvalue weighted by atomic mass is 10.1. The van der Waals surface area contributed by atoms with Crippen LogP contribution in [-0.4, -0.2) is 26.7 Å². The lowest BCUT2D eigenvalue weighted by Gasteiger charge is -2.04. The van der Waals surface area contributed by atoms with Crippen LogP contribution >= 0.6 is 11.3 Å². The number of carbonyl (C=O) groups excluding carboxylic acids is 1. The molecular formula is C18H18N4O2S. The molecule has 1 amide bonds. The van der Waals surface area contributed by atoms with Gasteiger partial charge in [-0.1, -0.05) is 12.1 Å². The zero-order chi connectivity index (χ0) is 18.1. The summed E-state index contributed by atoms with van der Waals surface area (Å²) in [5.74, 6) is 0.204. The Balaban J connectivity index is 1.92. The van der Waals surface area contributed by atoms with Gasteiger partial charge in [-0.2, -0.15) is 5.10 Å². The molecule has 1 aromatic carbocycles. The van der Waals surface area contributed by atoms with Gasteiger partial charge in [-0.3, -0.25) is 4.79 Å². The fourth-order valence-corrected chi connectivity index (χ4v) is 3.95. The molecule has 6 nitrogen and oxygen atoms in total. The van der Waals surface area contributed by atoms with Gasteiger partial charge in [-0.15, -0.1) is 11.3 Å². The first-order chi connectivity index (χ1) is 11.9. The average Bonchev–Trinajstić information content (AvgIpc) is 2.89. The summed E-state index contributed by atoms with van der Waals surface area (Å²) in [4.78, 5) is 22.9. The average molecular weight is 354 g/mol. The van der Waals surface area contributed by atoms with Gasteiger partial charge in [0.25, 0.3) is 5.91 Å². The molecule has 2 heterocycles. The topological polar surface area (TPSA) is 87.5 Å². The monoisotopic (exact) mass is 354 g/mol. The fraction of sp³-hybridized carbons (Fsp3) is 0.222. The van der Waals surface area contributed by atoms with E-state index < -0.39 is 5.91 Å². The molecule has 0 unspecified atom stereocenters. The summed E-state index contributed by atoms with van der Waals surface area (Å²) < 4.78 is 0. The number of hydrogen-bond acceptors (Lipinski definition) is 6. The number of thiophene rings is 1. The second-order valence-corrected chi connectivity index (χ2v) is 6.75. The molecule has 2 N–H and O–H groups in total. The minimum absolute atomic E-state index is 0.0766. The van der Waals surface area contributed by atoms with E-state index in [4.69, 9.17) is 0 Å². The van der Waals surface area contributed by atoms with Gasteiger partial charge in [0.2, 0.25) is 0 Å². The van der Waals surface area contributed by atoms with Crippen LogP contribution in [0.5, 0.6) is 5.75 Å². The van der Waals surface area contributed by atoms with E-state index in [9.17, 15) is 9.90 Å². The van der Waals surface area contributed by atoms with Crippen LogP contribution in [-0.2, 0) is 0 Å². The maximum Gasteiger partial charge on any atom is 0.275 e. The molecule has 0 atom stereocenters. The van der Waals surface area contributed by atoms with E-state index in [1.54, 1.807) is 18.2 Å². The third-order valence-corrected chi connectivity index (χ3v) is 5.18. The van der Waals surface area contributed by atoms with Crippen molar-refractivity contribution in [1.82, 2.24) is 15.4 Å². The summed E-state index contributed by atoms with van der Waals surface area (Å²) in [5.41, 5.74) is 5.35. The number of aryl methyl sites for hydroxylation is 3. The van der Waals surface area contributed by atoms with Crippen molar-refractivity contribution < 1.29 is 9.90 Å². The van der Waals surface area contributed by atoms with Gasteiger partial charge in [0.05, 0.1) is 16.2 Å². The Morgan fingerprint density at radius 2 is 1.92 bits per heavy atom. The Bertz CT molecular complexity index is 1010. The number of phenols is 1. The number of para-hydroxylation sites is 1. The smallest absolute Gasteiger partial charge is 0.275 e. The number of nitrogens with zero attached hydrogens (tertiary/aromatic N) is 3. The maximum absolute atomic E-state index is 12.2. The Morgan fingerprint density at radius 3 is 2.64 bits per heavy atom. The molecule has 0 aliphatic rings. The quantitative estimate of drug-likeness (QED) is 0.557. The van der Waals surface area contributed by atoms with Crippen LogP contribution in [0.25, 0.3) is 10.2 Å². The van der Waals surface area contributed by atoms with Gasteiger partial charge >= 0.3 is 0 Å². The Kier molecular flexibility index (Phi) is 4.50. The molecule has 0 radical (unpaired) electrons. The predicted octanol–water partition coefficient (Wildman–Crippen LogP) is 3.48. The van der Waals surface area contributed by atoms with E-state index >= 15 is 0 Å². The highest BCUT2D eigenvalue weighted by atomic mass is 32.1. The first kappa shape index (κ1) is 17.0. The van der Waals surface area contributed by atoms with E-state index in [1.165, 1.54) is 17.4 Å². The first-order valence-corrected chi connectivity index (χ1v) is 8.57. The molecule has 25 heavy (non-hydrogen) atoms. The summed E-state index contributed by atoms with van der Waals surface area (Å²) in [7, 11) is 0. The van der Waals surface area contributed by atoms with Crippen molar-refractivity contribution in [3.63, 3.8) is 0 Å². The van der Waals surface area contributed by atoms with Crippen molar-refractivity contribution in [2.45, 2.75) is 27.7 Å². The van der Waals surface area contributed by atoms with Crippen LogP contribution in [0, 0.1) is 20.8 Å². The predicted molar refractivity (Wildman–Crippen MR) is 99.4 cm³/mol. The summed E-state index contributed by atoms with van der Waals surface area (Å²) in [6.45, 7) is 7.67. The van der Waals surface area contributed by atoms with E-state index in [2.05, 4.69) is 20.5 Å². The zero-order valence-corrected chi connectivity index (χ0v) is 15.2. The van der Waals surface area contributed by atoms with Gasteiger partial charge in [-0.25, -0.2) is 15.4 Å². The van der Waals surface area contributed by atoms with Crippen molar-refractivity contribution in [3.8, 4) is 5.75 Å². The van der Waals surface area contributed by atoms with Gasteiger partial charge < -0.3 is 5.11 Å². The van der Waals surface area contributed by atoms with Crippen molar-refractivity contribution >= 4 is 33.2 Å². The number of aromatic nitrogens is 2. The first-order valence-electron chi connectivity index (χ1n) is 7.75. The van der Waals surface area contributed by atoms with E-state index in [-0.39, 0.29) is 11.3 Å². The van der Waals surface area contributed by atoms with Crippen LogP contribution < -0.4 is 5.43 Å². The summed E-state index contributed by atoms with van der Waals surface area (Å²) in [6.07, 6.45) is 0. The van der Waals surface area contributed by atoms with Crippen molar-refractivity contribution in [3.05, 3.63) is 51.8 Å². The third-order valence-electron chi connectivity index (χ3n) is 3.89. The molecule has 0 fully saturated rings. The van der Waals surface area contributed by atoms with Crippen molar-refractivity contribution in [2.75, 3.05) is 0 Å². The minimum Gasteiger partial charge on any atom is -0.507 e. The van der Waals surface area contributed by atoms with E-state index in [0.29, 0.717) is 5.71 Å². The van der Waals surface area contributed by atoms with E-state index in [1.807, 2.05) is 27.7 Å². The molecule has 0 bridgehead atoms. The Morgan fingerprint density at radius 1 is 1.20 bits per heavy atom. The molecule has 0 aliphatic heterocycles. The lowest BCUT2D eigenvalue weighted by Crippen LogP contribution is -2.19. The SMILES string of the molecule is CC(=NNC(=O)c1ccccc1O)c1sc2nc(C)nc(C)c2c1C. The number of rotatable bonds is 3. The highest BCUT2D eigenvalue weighted by Crippen LogP contribution is 2.31. The summed E-state index contributed by atoms with van der Waals surface area (Å²) >= 11 is 1.53. The number of nitrogens with one attached hydrogen (secondary N) is 1. The van der Waals surface area contributed by atoms with Crippen molar-refractivity contribution in [2.24, 2.45) is 5.10 Å².